The van der Waals surface area contributed by atoms with E-state index < -0.39 is 0 Å². The second-order valence-electron chi connectivity index (χ2n) is 4.85. The Morgan fingerprint density at radius 1 is 1.50 bits per heavy atom. The molecule has 0 radical (unpaired) electrons. The molecule has 2 atom stereocenters. The van der Waals surface area contributed by atoms with Crippen molar-refractivity contribution in [3.63, 3.8) is 0 Å². The maximum Gasteiger partial charge on any atom is 0.0630 e. The molecule has 0 bridgehead atoms. The fraction of sp³-hybridized carbons (Fsp3) is 1.00. The van der Waals surface area contributed by atoms with Gasteiger partial charge in [0.2, 0.25) is 0 Å². The summed E-state index contributed by atoms with van der Waals surface area (Å²) in [5.74, 6) is 0. The summed E-state index contributed by atoms with van der Waals surface area (Å²) in [7, 11) is 3.94. The van der Waals surface area contributed by atoms with Crippen LogP contribution >= 0.6 is 0 Å². The van der Waals surface area contributed by atoms with Gasteiger partial charge in [-0.3, -0.25) is 4.90 Å². The number of rotatable bonds is 7. The molecule has 1 heterocycles. The van der Waals surface area contributed by atoms with Gasteiger partial charge in [-0.2, -0.15) is 0 Å². The van der Waals surface area contributed by atoms with Crippen molar-refractivity contribution in [2.45, 2.75) is 38.4 Å². The van der Waals surface area contributed by atoms with Gasteiger partial charge in [0.1, 0.15) is 0 Å². The van der Waals surface area contributed by atoms with E-state index in [-0.39, 0.29) is 0 Å². The predicted molar refractivity (Wildman–Crippen MR) is 65.8 cm³/mol. The van der Waals surface area contributed by atoms with E-state index in [2.05, 4.69) is 31.1 Å². The number of nitrogens with zero attached hydrogens (tertiary/aromatic N) is 1. The lowest BCUT2D eigenvalue weighted by Crippen LogP contribution is -2.49. The fourth-order valence-corrected chi connectivity index (χ4v) is 2.03. The Hall–Kier alpha value is -0.160. The predicted octanol–water partition coefficient (Wildman–Crippen LogP) is 0.720. The highest BCUT2D eigenvalue weighted by molar-refractivity contribution is 4.81. The van der Waals surface area contributed by atoms with E-state index in [1.165, 1.54) is 0 Å². The van der Waals surface area contributed by atoms with E-state index in [0.29, 0.717) is 18.1 Å². The zero-order valence-corrected chi connectivity index (χ0v) is 11.0. The van der Waals surface area contributed by atoms with Gasteiger partial charge in [0.05, 0.1) is 13.2 Å². The second-order valence-corrected chi connectivity index (χ2v) is 4.85. The first kappa shape index (κ1) is 13.9. The van der Waals surface area contributed by atoms with Crippen LogP contribution in [0.2, 0.25) is 0 Å². The molecule has 0 aromatic rings. The number of nitrogens with one attached hydrogen (secondary N) is 1. The molecule has 0 spiro atoms. The molecule has 1 aliphatic rings. The molecule has 0 aromatic carbocycles. The standard InChI is InChI=1S/C12H26N2O2/c1-10(2)13-7-12(8-15-4)14(3)11-5-6-16-9-11/h10-13H,5-9H2,1-4H3. The van der Waals surface area contributed by atoms with Gasteiger partial charge in [-0.25, -0.2) is 0 Å². The van der Waals surface area contributed by atoms with Crippen molar-refractivity contribution in [3.05, 3.63) is 0 Å². The van der Waals surface area contributed by atoms with Gasteiger partial charge in [0.25, 0.3) is 0 Å². The lowest BCUT2D eigenvalue weighted by Gasteiger charge is -2.32. The summed E-state index contributed by atoms with van der Waals surface area (Å²) in [6.45, 7) is 7.83. The molecule has 1 N–H and O–H groups in total. The van der Waals surface area contributed by atoms with Crippen LogP contribution in [0.3, 0.4) is 0 Å². The molecule has 2 unspecified atom stereocenters. The van der Waals surface area contributed by atoms with E-state index >= 15 is 0 Å². The second kappa shape index (κ2) is 7.22. The van der Waals surface area contributed by atoms with E-state index in [9.17, 15) is 0 Å². The van der Waals surface area contributed by atoms with Crippen molar-refractivity contribution >= 4 is 0 Å². The van der Waals surface area contributed by atoms with Gasteiger partial charge in [0.15, 0.2) is 0 Å². The number of hydrogen-bond acceptors (Lipinski definition) is 4. The van der Waals surface area contributed by atoms with Crippen LogP contribution in [0.5, 0.6) is 0 Å². The zero-order chi connectivity index (χ0) is 12.0. The summed E-state index contributed by atoms with van der Waals surface area (Å²) in [5.41, 5.74) is 0. The minimum absolute atomic E-state index is 0.430. The van der Waals surface area contributed by atoms with Crippen LogP contribution in [0, 0.1) is 0 Å². The summed E-state index contributed by atoms with van der Waals surface area (Å²) in [6.07, 6.45) is 1.14. The largest absolute Gasteiger partial charge is 0.383 e. The number of likely N-dealkylation sites (N-methyl/N-ethyl adjacent to an activating group) is 1. The first-order chi connectivity index (χ1) is 7.65. The van der Waals surface area contributed by atoms with Crippen LogP contribution in [-0.4, -0.2) is 63.5 Å². The van der Waals surface area contributed by atoms with E-state index in [4.69, 9.17) is 9.47 Å². The van der Waals surface area contributed by atoms with Gasteiger partial charge < -0.3 is 14.8 Å². The maximum atomic E-state index is 5.43. The molecular weight excluding hydrogens is 204 g/mol. The topological polar surface area (TPSA) is 33.7 Å². The molecule has 0 aromatic heterocycles. The van der Waals surface area contributed by atoms with Crippen molar-refractivity contribution in [1.29, 1.82) is 0 Å². The van der Waals surface area contributed by atoms with Crippen molar-refractivity contribution in [3.8, 4) is 0 Å². The molecule has 0 aliphatic carbocycles. The van der Waals surface area contributed by atoms with Crippen molar-refractivity contribution in [2.75, 3.05) is 40.5 Å². The molecule has 0 amide bonds. The SMILES string of the molecule is COCC(CNC(C)C)N(C)C1CCOC1. The average Bonchev–Trinajstić information content (AvgIpc) is 2.76. The van der Waals surface area contributed by atoms with Crippen LogP contribution in [0.15, 0.2) is 0 Å². The van der Waals surface area contributed by atoms with Gasteiger partial charge in [0, 0.05) is 38.4 Å². The monoisotopic (exact) mass is 230 g/mol. The molecule has 1 rings (SSSR count). The molecule has 4 nitrogen and oxygen atoms in total. The summed E-state index contributed by atoms with van der Waals surface area (Å²) in [5, 5.41) is 3.47. The third-order valence-corrected chi connectivity index (χ3v) is 3.18. The Balaban J connectivity index is 2.40. The Morgan fingerprint density at radius 3 is 2.75 bits per heavy atom. The molecule has 4 heteroatoms. The van der Waals surface area contributed by atoms with E-state index in [1.54, 1.807) is 7.11 Å². The minimum atomic E-state index is 0.430. The lowest BCUT2D eigenvalue weighted by molar-refractivity contribution is 0.0710. The third kappa shape index (κ3) is 4.37. The summed E-state index contributed by atoms with van der Waals surface area (Å²) in [6, 6.07) is 1.50. The lowest BCUT2D eigenvalue weighted by atomic mass is 10.1. The molecule has 16 heavy (non-hydrogen) atoms. The Labute approximate surface area is 99.3 Å². The summed E-state index contributed by atoms with van der Waals surface area (Å²) in [4.78, 5) is 2.39. The number of methoxy groups -OCH3 is 1. The molecule has 0 saturated carbocycles. The van der Waals surface area contributed by atoms with Gasteiger partial charge in [-0.05, 0) is 13.5 Å². The molecule has 96 valence electrons. The van der Waals surface area contributed by atoms with Crippen molar-refractivity contribution in [1.82, 2.24) is 10.2 Å². The van der Waals surface area contributed by atoms with E-state index in [0.717, 1.165) is 32.8 Å². The summed E-state index contributed by atoms with van der Waals surface area (Å²) >= 11 is 0. The Bertz CT molecular complexity index is 182. The normalized spacial score (nSPS) is 23.2. The summed E-state index contributed by atoms with van der Waals surface area (Å²) < 4.78 is 10.7. The van der Waals surface area contributed by atoms with Gasteiger partial charge >= 0.3 is 0 Å². The molecule has 1 saturated heterocycles. The van der Waals surface area contributed by atoms with Crippen LogP contribution in [0.4, 0.5) is 0 Å². The highest BCUT2D eigenvalue weighted by Gasteiger charge is 2.26. The van der Waals surface area contributed by atoms with E-state index in [1.807, 2.05) is 0 Å². The minimum Gasteiger partial charge on any atom is -0.383 e. The average molecular weight is 230 g/mol. The Kier molecular flexibility index (Phi) is 6.28. The van der Waals surface area contributed by atoms with Crippen molar-refractivity contribution < 1.29 is 9.47 Å². The maximum absolute atomic E-state index is 5.43. The third-order valence-electron chi connectivity index (χ3n) is 3.18. The molecule has 1 fully saturated rings. The first-order valence-corrected chi connectivity index (χ1v) is 6.17. The number of ether oxygens (including phenoxy) is 2. The van der Waals surface area contributed by atoms with Crippen molar-refractivity contribution in [2.24, 2.45) is 0 Å². The molecule has 1 aliphatic heterocycles. The van der Waals surface area contributed by atoms with Crippen LogP contribution in [0.1, 0.15) is 20.3 Å². The first-order valence-electron chi connectivity index (χ1n) is 6.17. The van der Waals surface area contributed by atoms with Gasteiger partial charge in [-0.15, -0.1) is 0 Å². The highest BCUT2D eigenvalue weighted by atomic mass is 16.5. The van der Waals surface area contributed by atoms with Crippen LogP contribution < -0.4 is 5.32 Å². The quantitative estimate of drug-likeness (QED) is 0.699. The molecular formula is C12H26N2O2. The van der Waals surface area contributed by atoms with Crippen LogP contribution in [0.25, 0.3) is 0 Å². The smallest absolute Gasteiger partial charge is 0.0630 e. The van der Waals surface area contributed by atoms with Crippen LogP contribution in [-0.2, 0) is 9.47 Å². The number of hydrogen-bond donors (Lipinski definition) is 1. The highest BCUT2D eigenvalue weighted by Crippen LogP contribution is 2.13. The Morgan fingerprint density at radius 2 is 2.25 bits per heavy atom. The fourth-order valence-electron chi connectivity index (χ4n) is 2.03. The van der Waals surface area contributed by atoms with Gasteiger partial charge in [-0.1, -0.05) is 13.8 Å². The zero-order valence-electron chi connectivity index (χ0n) is 11.0.